The molecule has 0 spiro atoms. The van der Waals surface area contributed by atoms with Crippen molar-refractivity contribution < 1.29 is 14.7 Å². The van der Waals surface area contributed by atoms with E-state index < -0.39 is 0 Å². The lowest BCUT2D eigenvalue weighted by atomic mass is 10.1. The second-order valence-corrected chi connectivity index (χ2v) is 4.65. The van der Waals surface area contributed by atoms with E-state index in [4.69, 9.17) is 9.63 Å². The molecular weight excluding hydrogens is 244 g/mol. The molecule has 2 rings (SSSR count). The SMILES string of the molecule is Cc1cc(-c2noc(CCCCO)n2)cc(C)c1O. The molecule has 1 aromatic heterocycles. The zero-order valence-corrected chi connectivity index (χ0v) is 11.2. The monoisotopic (exact) mass is 262 g/mol. The molecule has 19 heavy (non-hydrogen) atoms. The van der Waals surface area contributed by atoms with Gasteiger partial charge in [-0.05, 0) is 49.9 Å². The maximum atomic E-state index is 9.74. The molecule has 0 unspecified atom stereocenters. The fourth-order valence-corrected chi connectivity index (χ4v) is 1.95. The normalized spacial score (nSPS) is 10.9. The number of aromatic nitrogens is 2. The summed E-state index contributed by atoms with van der Waals surface area (Å²) in [6.07, 6.45) is 2.23. The van der Waals surface area contributed by atoms with E-state index >= 15 is 0 Å². The fourth-order valence-electron chi connectivity index (χ4n) is 1.95. The molecule has 0 bridgehead atoms. The highest BCUT2D eigenvalue weighted by molar-refractivity contribution is 5.60. The first-order valence-electron chi connectivity index (χ1n) is 6.36. The Morgan fingerprint density at radius 1 is 1.16 bits per heavy atom. The number of rotatable bonds is 5. The minimum absolute atomic E-state index is 0.178. The number of aliphatic hydroxyl groups is 1. The summed E-state index contributed by atoms with van der Waals surface area (Å²) in [7, 11) is 0. The van der Waals surface area contributed by atoms with Crippen LogP contribution in [0.5, 0.6) is 5.75 Å². The first-order valence-corrected chi connectivity index (χ1v) is 6.36. The second kappa shape index (κ2) is 5.84. The number of phenols is 1. The van der Waals surface area contributed by atoms with Crippen LogP contribution < -0.4 is 0 Å². The molecule has 1 aromatic carbocycles. The van der Waals surface area contributed by atoms with Gasteiger partial charge in [0.05, 0.1) is 0 Å². The van der Waals surface area contributed by atoms with Crippen molar-refractivity contribution in [2.75, 3.05) is 6.61 Å². The van der Waals surface area contributed by atoms with Crippen molar-refractivity contribution in [1.29, 1.82) is 0 Å². The third kappa shape index (κ3) is 3.12. The maximum absolute atomic E-state index is 9.74. The lowest BCUT2D eigenvalue weighted by Gasteiger charge is -2.04. The van der Waals surface area contributed by atoms with Gasteiger partial charge in [0.1, 0.15) is 5.75 Å². The predicted octanol–water partition coefficient (Wildman–Crippen LogP) is 2.37. The van der Waals surface area contributed by atoms with E-state index in [1.807, 2.05) is 26.0 Å². The van der Waals surface area contributed by atoms with Gasteiger partial charge in [-0.3, -0.25) is 0 Å². The van der Waals surface area contributed by atoms with Crippen molar-refractivity contribution in [1.82, 2.24) is 10.1 Å². The molecule has 102 valence electrons. The highest BCUT2D eigenvalue weighted by atomic mass is 16.5. The summed E-state index contributed by atoms with van der Waals surface area (Å²) in [5.74, 6) is 1.41. The maximum Gasteiger partial charge on any atom is 0.226 e. The van der Waals surface area contributed by atoms with Crippen LogP contribution in [0, 0.1) is 13.8 Å². The zero-order valence-electron chi connectivity index (χ0n) is 11.2. The quantitative estimate of drug-likeness (QED) is 0.809. The van der Waals surface area contributed by atoms with Crippen molar-refractivity contribution in [3.63, 3.8) is 0 Å². The molecule has 2 N–H and O–H groups in total. The van der Waals surface area contributed by atoms with Crippen LogP contribution in [-0.2, 0) is 6.42 Å². The van der Waals surface area contributed by atoms with Gasteiger partial charge in [0.15, 0.2) is 0 Å². The van der Waals surface area contributed by atoms with Crippen LogP contribution in [0.4, 0.5) is 0 Å². The first kappa shape index (κ1) is 13.5. The summed E-state index contributed by atoms with van der Waals surface area (Å²) in [4.78, 5) is 4.32. The zero-order chi connectivity index (χ0) is 13.8. The molecule has 0 amide bonds. The molecule has 2 aromatic rings. The number of nitrogens with zero attached hydrogens (tertiary/aromatic N) is 2. The van der Waals surface area contributed by atoms with E-state index in [1.165, 1.54) is 0 Å². The molecule has 0 aliphatic rings. The van der Waals surface area contributed by atoms with Crippen molar-refractivity contribution in [3.8, 4) is 17.1 Å². The summed E-state index contributed by atoms with van der Waals surface area (Å²) < 4.78 is 5.17. The van der Waals surface area contributed by atoms with E-state index in [0.717, 1.165) is 29.5 Å². The molecule has 0 radical (unpaired) electrons. The lowest BCUT2D eigenvalue weighted by molar-refractivity contribution is 0.281. The Hall–Kier alpha value is -1.88. The third-order valence-corrected chi connectivity index (χ3v) is 3.02. The van der Waals surface area contributed by atoms with E-state index in [1.54, 1.807) is 0 Å². The molecule has 5 nitrogen and oxygen atoms in total. The van der Waals surface area contributed by atoms with Crippen molar-refractivity contribution in [2.24, 2.45) is 0 Å². The summed E-state index contributed by atoms with van der Waals surface area (Å²) in [5, 5.41) is 22.4. The van der Waals surface area contributed by atoms with E-state index in [0.29, 0.717) is 23.9 Å². The molecule has 1 heterocycles. The fraction of sp³-hybridized carbons (Fsp3) is 0.429. The van der Waals surface area contributed by atoms with Crippen LogP contribution in [0.2, 0.25) is 0 Å². The molecule has 0 aliphatic heterocycles. The Labute approximate surface area is 111 Å². The Morgan fingerprint density at radius 2 is 1.84 bits per heavy atom. The number of phenolic OH excluding ortho intramolecular Hbond substituents is 1. The van der Waals surface area contributed by atoms with Gasteiger partial charge in [0, 0.05) is 18.6 Å². The summed E-state index contributed by atoms with van der Waals surface area (Å²) in [5.41, 5.74) is 2.42. The summed E-state index contributed by atoms with van der Waals surface area (Å²) in [6.45, 7) is 3.86. The number of aliphatic hydroxyl groups excluding tert-OH is 1. The van der Waals surface area contributed by atoms with Crippen molar-refractivity contribution >= 4 is 0 Å². The topological polar surface area (TPSA) is 79.4 Å². The van der Waals surface area contributed by atoms with Crippen LogP contribution in [0.1, 0.15) is 29.9 Å². The number of unbranched alkanes of at least 4 members (excludes halogenated alkanes) is 1. The lowest BCUT2D eigenvalue weighted by Crippen LogP contribution is -1.90. The Balaban J connectivity index is 2.18. The van der Waals surface area contributed by atoms with Crippen LogP contribution in [0.25, 0.3) is 11.4 Å². The van der Waals surface area contributed by atoms with Gasteiger partial charge in [-0.1, -0.05) is 5.16 Å². The predicted molar refractivity (Wildman–Crippen MR) is 70.9 cm³/mol. The Bertz CT molecular complexity index is 541. The highest BCUT2D eigenvalue weighted by Gasteiger charge is 2.11. The van der Waals surface area contributed by atoms with E-state index in [9.17, 15) is 5.11 Å². The standard InChI is InChI=1S/C14H18N2O3/c1-9-7-11(8-10(2)13(9)18)14-15-12(19-16-14)5-3-4-6-17/h7-8,17-18H,3-6H2,1-2H3. The average Bonchev–Trinajstić information content (AvgIpc) is 2.84. The molecule has 5 heteroatoms. The smallest absolute Gasteiger partial charge is 0.226 e. The number of hydrogen-bond acceptors (Lipinski definition) is 5. The van der Waals surface area contributed by atoms with Crippen LogP contribution >= 0.6 is 0 Å². The third-order valence-electron chi connectivity index (χ3n) is 3.02. The van der Waals surface area contributed by atoms with Crippen molar-refractivity contribution in [3.05, 3.63) is 29.2 Å². The van der Waals surface area contributed by atoms with Gasteiger partial charge in [-0.2, -0.15) is 4.98 Å². The number of aryl methyl sites for hydroxylation is 3. The minimum Gasteiger partial charge on any atom is -0.507 e. The van der Waals surface area contributed by atoms with Gasteiger partial charge in [-0.15, -0.1) is 0 Å². The van der Waals surface area contributed by atoms with Crippen LogP contribution in [0.3, 0.4) is 0 Å². The minimum atomic E-state index is 0.178. The van der Waals surface area contributed by atoms with Crippen molar-refractivity contribution in [2.45, 2.75) is 33.1 Å². The van der Waals surface area contributed by atoms with Crippen LogP contribution in [-0.4, -0.2) is 27.0 Å². The molecule has 0 saturated carbocycles. The summed E-state index contributed by atoms with van der Waals surface area (Å²) >= 11 is 0. The van der Waals surface area contributed by atoms with Gasteiger partial charge >= 0.3 is 0 Å². The molecule has 0 fully saturated rings. The van der Waals surface area contributed by atoms with Gasteiger partial charge in [0.25, 0.3) is 0 Å². The van der Waals surface area contributed by atoms with Gasteiger partial charge < -0.3 is 14.7 Å². The van der Waals surface area contributed by atoms with E-state index in [2.05, 4.69) is 10.1 Å². The molecule has 0 aliphatic carbocycles. The average molecular weight is 262 g/mol. The number of hydrogen-bond donors (Lipinski definition) is 2. The highest BCUT2D eigenvalue weighted by Crippen LogP contribution is 2.27. The number of benzene rings is 1. The Kier molecular flexibility index (Phi) is 4.16. The number of aromatic hydroxyl groups is 1. The van der Waals surface area contributed by atoms with Gasteiger partial charge in [0.2, 0.25) is 11.7 Å². The van der Waals surface area contributed by atoms with E-state index in [-0.39, 0.29) is 6.61 Å². The molecular formula is C14H18N2O3. The van der Waals surface area contributed by atoms with Gasteiger partial charge in [-0.25, -0.2) is 0 Å². The second-order valence-electron chi connectivity index (χ2n) is 4.65. The summed E-state index contributed by atoms with van der Waals surface area (Å²) in [6, 6.07) is 3.68. The first-order chi connectivity index (χ1) is 9.11. The molecule has 0 atom stereocenters. The van der Waals surface area contributed by atoms with Crippen LogP contribution in [0.15, 0.2) is 16.7 Å². The largest absolute Gasteiger partial charge is 0.507 e. The molecule has 0 saturated heterocycles. The Morgan fingerprint density at radius 3 is 2.47 bits per heavy atom.